The highest BCUT2D eigenvalue weighted by molar-refractivity contribution is 7.99. The number of aliphatic hydroxyl groups is 1. The molecule has 0 aliphatic heterocycles. The van der Waals surface area contributed by atoms with Gasteiger partial charge in [-0.3, -0.25) is 0 Å². The van der Waals surface area contributed by atoms with Gasteiger partial charge in [-0.15, -0.1) is 11.8 Å². The lowest BCUT2D eigenvalue weighted by Crippen LogP contribution is -2.14. The topological polar surface area (TPSA) is 20.2 Å². The molecule has 20 heavy (non-hydrogen) atoms. The number of hydrogen-bond acceptors (Lipinski definition) is 2. The van der Waals surface area contributed by atoms with Crippen LogP contribution in [0, 0.1) is 11.6 Å². The van der Waals surface area contributed by atoms with E-state index in [1.54, 1.807) is 18.2 Å². The van der Waals surface area contributed by atoms with Gasteiger partial charge in [0.05, 0.1) is 6.10 Å². The molecule has 0 aromatic heterocycles. The Morgan fingerprint density at radius 2 is 1.90 bits per heavy atom. The van der Waals surface area contributed by atoms with Crippen molar-refractivity contribution in [3.8, 4) is 0 Å². The zero-order chi connectivity index (χ0) is 14.5. The van der Waals surface area contributed by atoms with Crippen molar-refractivity contribution in [2.24, 2.45) is 0 Å². The highest BCUT2D eigenvalue weighted by Gasteiger charge is 2.13. The van der Waals surface area contributed by atoms with Gasteiger partial charge in [0.25, 0.3) is 0 Å². The Hall–Kier alpha value is -1.10. The van der Waals surface area contributed by atoms with Crippen LogP contribution in [0.3, 0.4) is 0 Å². The van der Waals surface area contributed by atoms with E-state index in [2.05, 4.69) is 0 Å². The van der Waals surface area contributed by atoms with Gasteiger partial charge in [-0.1, -0.05) is 23.7 Å². The fourth-order valence-corrected chi connectivity index (χ4v) is 2.88. The summed E-state index contributed by atoms with van der Waals surface area (Å²) in [5, 5.41) is 10.2. The second kappa shape index (κ2) is 7.07. The van der Waals surface area contributed by atoms with E-state index in [0.717, 1.165) is 4.90 Å². The largest absolute Gasteiger partial charge is 0.392 e. The summed E-state index contributed by atoms with van der Waals surface area (Å²) in [7, 11) is 0. The molecule has 1 nitrogen and oxygen atoms in total. The quantitative estimate of drug-likeness (QED) is 0.830. The van der Waals surface area contributed by atoms with E-state index in [1.165, 1.54) is 36.0 Å². The van der Waals surface area contributed by atoms with Gasteiger partial charge in [-0.25, -0.2) is 8.78 Å². The summed E-state index contributed by atoms with van der Waals surface area (Å²) < 4.78 is 26.6. The molecule has 0 saturated carbocycles. The van der Waals surface area contributed by atoms with Gasteiger partial charge >= 0.3 is 0 Å². The maximum absolute atomic E-state index is 13.6. The van der Waals surface area contributed by atoms with Crippen molar-refractivity contribution in [2.45, 2.75) is 17.4 Å². The zero-order valence-electron chi connectivity index (χ0n) is 10.5. The van der Waals surface area contributed by atoms with Crippen molar-refractivity contribution >= 4 is 23.4 Å². The van der Waals surface area contributed by atoms with Crippen LogP contribution >= 0.6 is 23.4 Å². The highest BCUT2D eigenvalue weighted by Crippen LogP contribution is 2.24. The lowest BCUT2D eigenvalue weighted by molar-refractivity contribution is 0.199. The minimum Gasteiger partial charge on any atom is -0.392 e. The molecule has 1 unspecified atom stereocenters. The van der Waals surface area contributed by atoms with E-state index >= 15 is 0 Å². The van der Waals surface area contributed by atoms with Crippen molar-refractivity contribution in [3.05, 3.63) is 64.7 Å². The van der Waals surface area contributed by atoms with Crippen LogP contribution in [0.4, 0.5) is 8.78 Å². The molecule has 0 radical (unpaired) electrons. The second-order valence-electron chi connectivity index (χ2n) is 4.33. The fourth-order valence-electron chi connectivity index (χ4n) is 1.77. The van der Waals surface area contributed by atoms with E-state index in [0.29, 0.717) is 16.3 Å². The predicted octanol–water partition coefficient (Wildman–Crippen LogP) is 4.31. The first-order chi connectivity index (χ1) is 9.56. The van der Waals surface area contributed by atoms with Crippen LogP contribution < -0.4 is 0 Å². The summed E-state index contributed by atoms with van der Waals surface area (Å²) in [6.07, 6.45) is -0.619. The average Bonchev–Trinajstić information content (AvgIpc) is 2.41. The molecule has 0 heterocycles. The maximum Gasteiger partial charge on any atom is 0.127 e. The smallest absolute Gasteiger partial charge is 0.127 e. The van der Waals surface area contributed by atoms with Crippen LogP contribution in [0.1, 0.15) is 5.56 Å². The zero-order valence-corrected chi connectivity index (χ0v) is 12.1. The predicted molar refractivity (Wildman–Crippen MR) is 78.2 cm³/mol. The van der Waals surface area contributed by atoms with Crippen LogP contribution in [0.5, 0.6) is 0 Å². The third kappa shape index (κ3) is 4.20. The molecular weight excluding hydrogens is 302 g/mol. The molecule has 2 aromatic rings. The lowest BCUT2D eigenvalue weighted by Gasteiger charge is -2.12. The average molecular weight is 315 g/mol. The number of rotatable bonds is 5. The SMILES string of the molecule is OC(CSc1cccc(F)c1)Cc1c(F)cccc1Cl. The Labute approximate surface area is 125 Å². The first-order valence-electron chi connectivity index (χ1n) is 6.05. The summed E-state index contributed by atoms with van der Waals surface area (Å²) in [6, 6.07) is 10.6. The molecule has 0 bridgehead atoms. The third-order valence-electron chi connectivity index (χ3n) is 2.74. The van der Waals surface area contributed by atoms with Gasteiger partial charge < -0.3 is 5.11 Å². The number of thioether (sulfide) groups is 1. The Morgan fingerprint density at radius 1 is 1.15 bits per heavy atom. The number of hydrogen-bond donors (Lipinski definition) is 1. The van der Waals surface area contributed by atoms with E-state index in [1.807, 2.05) is 0 Å². The number of aliphatic hydroxyl groups excluding tert-OH is 1. The Morgan fingerprint density at radius 3 is 2.60 bits per heavy atom. The summed E-state index contributed by atoms with van der Waals surface area (Å²) in [6.45, 7) is 0. The molecule has 5 heteroatoms. The van der Waals surface area contributed by atoms with E-state index in [-0.39, 0.29) is 12.2 Å². The normalized spacial score (nSPS) is 12.4. The Balaban J connectivity index is 1.94. The summed E-state index contributed by atoms with van der Waals surface area (Å²) in [5.74, 6) is -0.400. The molecule has 0 amide bonds. The van der Waals surface area contributed by atoms with Crippen molar-refractivity contribution in [1.82, 2.24) is 0 Å². The number of halogens is 3. The fraction of sp³-hybridized carbons (Fsp3) is 0.200. The van der Waals surface area contributed by atoms with E-state index in [4.69, 9.17) is 11.6 Å². The molecule has 0 aliphatic carbocycles. The second-order valence-corrected chi connectivity index (χ2v) is 5.83. The summed E-state index contributed by atoms with van der Waals surface area (Å²) in [5.41, 5.74) is 0.307. The van der Waals surface area contributed by atoms with Crippen LogP contribution in [0.2, 0.25) is 5.02 Å². The minimum atomic E-state index is -0.752. The summed E-state index contributed by atoms with van der Waals surface area (Å²) in [4.78, 5) is 0.726. The molecule has 0 aliphatic rings. The van der Waals surface area contributed by atoms with Gasteiger partial charge in [0.2, 0.25) is 0 Å². The van der Waals surface area contributed by atoms with Crippen LogP contribution in [0.25, 0.3) is 0 Å². The molecule has 0 saturated heterocycles. The summed E-state index contributed by atoms with van der Waals surface area (Å²) >= 11 is 7.22. The van der Waals surface area contributed by atoms with Crippen molar-refractivity contribution < 1.29 is 13.9 Å². The molecule has 1 N–H and O–H groups in total. The minimum absolute atomic E-state index is 0.133. The first kappa shape index (κ1) is 15.3. The van der Waals surface area contributed by atoms with Gasteiger partial charge in [0, 0.05) is 27.7 Å². The van der Waals surface area contributed by atoms with Gasteiger partial charge in [-0.2, -0.15) is 0 Å². The molecule has 106 valence electrons. The maximum atomic E-state index is 13.6. The van der Waals surface area contributed by atoms with Crippen molar-refractivity contribution in [2.75, 3.05) is 5.75 Å². The van der Waals surface area contributed by atoms with Gasteiger partial charge in [-0.05, 0) is 30.3 Å². The number of benzene rings is 2. The van der Waals surface area contributed by atoms with Crippen molar-refractivity contribution in [3.63, 3.8) is 0 Å². The lowest BCUT2D eigenvalue weighted by atomic mass is 10.1. The standard InChI is InChI=1S/C15H13ClF2OS/c16-14-5-2-6-15(18)13(14)8-11(19)9-20-12-4-1-3-10(17)7-12/h1-7,11,19H,8-9H2. The van der Waals surface area contributed by atoms with E-state index < -0.39 is 11.9 Å². The van der Waals surface area contributed by atoms with Crippen LogP contribution in [-0.4, -0.2) is 17.0 Å². The molecule has 2 aromatic carbocycles. The molecular formula is C15H13ClF2OS. The van der Waals surface area contributed by atoms with Crippen molar-refractivity contribution in [1.29, 1.82) is 0 Å². The third-order valence-corrected chi connectivity index (χ3v) is 4.23. The van der Waals surface area contributed by atoms with Gasteiger partial charge in [0.1, 0.15) is 11.6 Å². The molecule has 1 atom stereocenters. The Bertz CT molecular complexity index is 572. The Kier molecular flexibility index (Phi) is 5.40. The highest BCUT2D eigenvalue weighted by atomic mass is 35.5. The van der Waals surface area contributed by atoms with Crippen LogP contribution in [0.15, 0.2) is 47.4 Å². The monoisotopic (exact) mass is 314 g/mol. The molecule has 2 rings (SSSR count). The molecule has 0 spiro atoms. The molecule has 0 fully saturated rings. The van der Waals surface area contributed by atoms with Gasteiger partial charge in [0.15, 0.2) is 0 Å². The van der Waals surface area contributed by atoms with E-state index in [9.17, 15) is 13.9 Å². The first-order valence-corrected chi connectivity index (χ1v) is 7.42. The van der Waals surface area contributed by atoms with Crippen LogP contribution in [-0.2, 0) is 6.42 Å².